The summed E-state index contributed by atoms with van der Waals surface area (Å²) in [4.78, 5) is 32.0. The molecule has 1 N–H and O–H groups in total. The number of hydrogen-bond acceptors (Lipinski definition) is 6. The van der Waals surface area contributed by atoms with Gasteiger partial charge in [0, 0.05) is 17.1 Å². The van der Waals surface area contributed by atoms with Gasteiger partial charge >= 0.3 is 5.91 Å². The van der Waals surface area contributed by atoms with Crippen molar-refractivity contribution in [2.24, 2.45) is 0 Å². The maximum Gasteiger partial charge on any atom is 0.301 e. The van der Waals surface area contributed by atoms with Crippen molar-refractivity contribution in [3.05, 3.63) is 82.4 Å². The normalized spacial score (nSPS) is 17.9. The molecule has 0 bridgehead atoms. The zero-order chi connectivity index (χ0) is 24.5. The third-order valence-electron chi connectivity index (χ3n) is 5.74. The van der Waals surface area contributed by atoms with E-state index < -0.39 is 17.7 Å². The van der Waals surface area contributed by atoms with E-state index in [0.717, 1.165) is 17.5 Å². The number of hydrogen-bond donors (Lipinski definition) is 1. The lowest BCUT2D eigenvalue weighted by Gasteiger charge is -2.24. The number of carbonyl (C=O) groups excluding carboxylic acids is 2. The number of aliphatic hydroxyl groups is 1. The number of ether oxygens (including phenoxy) is 1. The number of amides is 1. The predicted molar refractivity (Wildman–Crippen MR) is 134 cm³/mol. The number of carbonyl (C=O) groups is 2. The number of aromatic nitrogens is 1. The third kappa shape index (κ3) is 4.48. The highest BCUT2D eigenvalue weighted by Gasteiger charge is 2.48. The number of aliphatic hydroxyl groups excluding tert-OH is 1. The van der Waals surface area contributed by atoms with Crippen molar-refractivity contribution < 1.29 is 19.4 Å². The van der Waals surface area contributed by atoms with E-state index in [1.165, 1.54) is 16.2 Å². The molecule has 0 aliphatic carbocycles. The Morgan fingerprint density at radius 3 is 2.50 bits per heavy atom. The molecule has 1 atom stereocenters. The van der Waals surface area contributed by atoms with Crippen molar-refractivity contribution in [3.8, 4) is 5.75 Å². The second kappa shape index (κ2) is 9.43. The number of ketones is 1. The molecule has 1 fully saturated rings. The summed E-state index contributed by atoms with van der Waals surface area (Å²) in [5.41, 5.74) is 2.26. The van der Waals surface area contributed by atoms with Crippen molar-refractivity contribution in [1.29, 1.82) is 0 Å². The Kier molecular flexibility index (Phi) is 6.57. The monoisotopic (exact) mass is 476 g/mol. The van der Waals surface area contributed by atoms with Crippen molar-refractivity contribution in [2.45, 2.75) is 45.6 Å². The van der Waals surface area contributed by atoms with Gasteiger partial charge in [0.2, 0.25) is 0 Å². The Balaban J connectivity index is 1.86. The minimum absolute atomic E-state index is 0.0383. The molecule has 1 amide bonds. The molecule has 0 spiro atoms. The molecule has 2 aromatic carbocycles. The Hall–Kier alpha value is -3.45. The van der Waals surface area contributed by atoms with Crippen LogP contribution in [-0.4, -0.2) is 28.4 Å². The van der Waals surface area contributed by atoms with Crippen LogP contribution in [0.25, 0.3) is 5.76 Å². The van der Waals surface area contributed by atoms with Crippen LogP contribution in [-0.2, 0) is 15.0 Å². The first-order valence-corrected chi connectivity index (χ1v) is 12.1. The molecular weight excluding hydrogens is 448 g/mol. The Morgan fingerprint density at radius 1 is 1.15 bits per heavy atom. The van der Waals surface area contributed by atoms with Gasteiger partial charge in [0.05, 0.1) is 18.2 Å². The Labute approximate surface area is 203 Å². The second-order valence-corrected chi connectivity index (χ2v) is 10.1. The summed E-state index contributed by atoms with van der Waals surface area (Å²) >= 11 is 1.27. The zero-order valence-electron chi connectivity index (χ0n) is 19.7. The highest BCUT2D eigenvalue weighted by molar-refractivity contribution is 7.14. The van der Waals surface area contributed by atoms with E-state index in [9.17, 15) is 14.7 Å². The number of nitrogens with zero attached hydrogens (tertiary/aromatic N) is 2. The highest BCUT2D eigenvalue weighted by Crippen LogP contribution is 2.43. The fourth-order valence-corrected chi connectivity index (χ4v) is 4.62. The molecule has 1 aromatic heterocycles. The van der Waals surface area contributed by atoms with Gasteiger partial charge in [-0.05, 0) is 35.1 Å². The minimum Gasteiger partial charge on any atom is -0.507 e. The minimum atomic E-state index is -0.791. The van der Waals surface area contributed by atoms with Crippen LogP contribution in [0.2, 0.25) is 0 Å². The number of rotatable bonds is 6. The molecule has 0 saturated carbocycles. The van der Waals surface area contributed by atoms with Crippen molar-refractivity contribution >= 4 is 33.9 Å². The van der Waals surface area contributed by atoms with Gasteiger partial charge in [-0.15, -0.1) is 11.3 Å². The molecule has 1 aliphatic rings. The first kappa shape index (κ1) is 23.7. The van der Waals surface area contributed by atoms with Crippen molar-refractivity contribution in [3.63, 3.8) is 0 Å². The summed E-state index contributed by atoms with van der Waals surface area (Å²) in [6.07, 6.45) is 2.44. The summed E-state index contributed by atoms with van der Waals surface area (Å²) < 4.78 is 5.69. The van der Waals surface area contributed by atoms with E-state index >= 15 is 0 Å². The molecule has 1 aliphatic heterocycles. The maximum absolute atomic E-state index is 13.2. The highest BCUT2D eigenvalue weighted by atomic mass is 32.1. The quantitative estimate of drug-likeness (QED) is 0.274. The first-order valence-electron chi connectivity index (χ1n) is 11.3. The van der Waals surface area contributed by atoms with Crippen LogP contribution in [0.1, 0.15) is 56.8 Å². The lowest BCUT2D eigenvalue weighted by Crippen LogP contribution is -2.29. The molecule has 176 valence electrons. The average molecular weight is 477 g/mol. The topological polar surface area (TPSA) is 79.7 Å². The smallest absolute Gasteiger partial charge is 0.301 e. The van der Waals surface area contributed by atoms with Gasteiger partial charge < -0.3 is 9.84 Å². The van der Waals surface area contributed by atoms with E-state index in [2.05, 4.69) is 25.8 Å². The van der Waals surface area contributed by atoms with Gasteiger partial charge in [-0.25, -0.2) is 4.98 Å². The van der Waals surface area contributed by atoms with Gasteiger partial charge in [-0.3, -0.25) is 14.5 Å². The van der Waals surface area contributed by atoms with Crippen LogP contribution >= 0.6 is 11.3 Å². The maximum atomic E-state index is 13.2. The molecule has 0 radical (unpaired) electrons. The van der Waals surface area contributed by atoms with E-state index in [0.29, 0.717) is 23.1 Å². The van der Waals surface area contributed by atoms with Crippen LogP contribution in [0.3, 0.4) is 0 Å². The Morgan fingerprint density at radius 2 is 1.88 bits per heavy atom. The average Bonchev–Trinajstić information content (AvgIpc) is 3.44. The number of benzene rings is 2. The summed E-state index contributed by atoms with van der Waals surface area (Å²) in [6, 6.07) is 13.9. The van der Waals surface area contributed by atoms with Crippen LogP contribution in [0, 0.1) is 0 Å². The number of Topliss-reactive ketones (excluding diaryl/α,β-unsaturated/α-hetero) is 1. The molecule has 34 heavy (non-hydrogen) atoms. The molecule has 4 rings (SSSR count). The van der Waals surface area contributed by atoms with Gasteiger partial charge in [0.15, 0.2) is 5.13 Å². The zero-order valence-corrected chi connectivity index (χ0v) is 20.6. The summed E-state index contributed by atoms with van der Waals surface area (Å²) in [7, 11) is 0. The molecule has 1 saturated heterocycles. The fraction of sp³-hybridized carbons (Fsp3) is 0.296. The number of anilines is 1. The lowest BCUT2D eigenvalue weighted by molar-refractivity contribution is -0.132. The summed E-state index contributed by atoms with van der Waals surface area (Å²) in [5, 5.41) is 13.5. The lowest BCUT2D eigenvalue weighted by atomic mass is 9.85. The van der Waals surface area contributed by atoms with E-state index in [4.69, 9.17) is 4.74 Å². The third-order valence-corrected chi connectivity index (χ3v) is 6.51. The number of thiazole rings is 1. The van der Waals surface area contributed by atoms with Crippen LogP contribution in [0.15, 0.2) is 65.7 Å². The van der Waals surface area contributed by atoms with Crippen LogP contribution in [0.5, 0.6) is 5.75 Å². The second-order valence-electron chi connectivity index (χ2n) is 9.23. The SMILES string of the molecule is CCCOc1cccc(/C(O)=C2\C(=O)C(=O)N(c3nccs3)C2c2ccc(C(C)(C)C)cc2)c1. The van der Waals surface area contributed by atoms with Crippen molar-refractivity contribution in [2.75, 3.05) is 11.5 Å². The molecule has 7 heteroatoms. The first-order chi connectivity index (χ1) is 16.2. The fourth-order valence-electron chi connectivity index (χ4n) is 3.95. The van der Waals surface area contributed by atoms with Gasteiger partial charge in [0.1, 0.15) is 11.5 Å². The molecule has 1 unspecified atom stereocenters. The molecule has 2 heterocycles. The van der Waals surface area contributed by atoms with Crippen molar-refractivity contribution in [1.82, 2.24) is 4.98 Å². The summed E-state index contributed by atoms with van der Waals surface area (Å²) in [5.74, 6) is -1.09. The predicted octanol–water partition coefficient (Wildman–Crippen LogP) is 5.86. The van der Waals surface area contributed by atoms with Gasteiger partial charge in [0.25, 0.3) is 5.78 Å². The van der Waals surface area contributed by atoms with E-state index in [-0.39, 0.29) is 16.7 Å². The molecule has 3 aromatic rings. The standard InChI is InChI=1S/C27H28N2O4S/c1-5-14-33-20-8-6-7-18(16-20)23(30)21-22(17-9-11-19(12-10-17)27(2,3)4)29(25(32)24(21)31)26-28-13-15-34-26/h6-13,15-16,22,30H,5,14H2,1-4H3/b23-21+. The largest absolute Gasteiger partial charge is 0.507 e. The van der Waals surface area contributed by atoms with Crippen LogP contribution in [0.4, 0.5) is 5.13 Å². The van der Waals surface area contributed by atoms with Gasteiger partial charge in [-0.2, -0.15) is 0 Å². The van der Waals surface area contributed by atoms with E-state index in [1.807, 2.05) is 31.2 Å². The van der Waals surface area contributed by atoms with Crippen LogP contribution < -0.4 is 9.64 Å². The molecule has 6 nitrogen and oxygen atoms in total. The van der Waals surface area contributed by atoms with E-state index in [1.54, 1.807) is 35.8 Å². The Bertz CT molecular complexity index is 1220. The van der Waals surface area contributed by atoms with Gasteiger partial charge in [-0.1, -0.05) is 64.1 Å². The molecular formula is C27H28N2O4S. The summed E-state index contributed by atoms with van der Waals surface area (Å²) in [6.45, 7) is 8.92.